The van der Waals surface area contributed by atoms with E-state index in [4.69, 9.17) is 11.6 Å². The Hall–Kier alpha value is -2.60. The van der Waals surface area contributed by atoms with E-state index in [0.29, 0.717) is 28.4 Å². The van der Waals surface area contributed by atoms with E-state index in [1.54, 1.807) is 28.4 Å². The molecule has 0 bridgehead atoms. The summed E-state index contributed by atoms with van der Waals surface area (Å²) in [5, 5.41) is 15.2. The molecule has 2 aromatic carbocycles. The van der Waals surface area contributed by atoms with Gasteiger partial charge in [0, 0.05) is 37.6 Å². The quantitative estimate of drug-likeness (QED) is 0.502. The monoisotopic (exact) mass is 408 g/mol. The van der Waals surface area contributed by atoms with Crippen molar-refractivity contribution in [2.45, 2.75) is 19.1 Å². The molecule has 1 aliphatic rings. The standard InChI is InChI=1S/C22H17ClN2O2S/c1-13-20(16-6-2-3-7-18(16)24-13)22(27)17-11-14(23)8-9-19(17)25(21(22)26)12-15-5-4-10-28-15/h2-11,24,27H,12H2,1H3/t22-/m1/s1. The lowest BCUT2D eigenvalue weighted by molar-refractivity contribution is -0.132. The van der Waals surface area contributed by atoms with Gasteiger partial charge in [0.15, 0.2) is 5.60 Å². The fourth-order valence-electron chi connectivity index (χ4n) is 4.15. The Bertz CT molecular complexity index is 1210. The van der Waals surface area contributed by atoms with Crippen LogP contribution in [-0.4, -0.2) is 16.0 Å². The first-order valence-corrected chi connectivity index (χ1v) is 10.2. The van der Waals surface area contributed by atoms with Crippen LogP contribution in [0.2, 0.25) is 5.02 Å². The zero-order chi connectivity index (χ0) is 19.5. The fraction of sp³-hybridized carbons (Fsp3) is 0.136. The van der Waals surface area contributed by atoms with Gasteiger partial charge in [0.25, 0.3) is 5.91 Å². The number of nitrogens with one attached hydrogen (secondary N) is 1. The number of hydrogen-bond donors (Lipinski definition) is 2. The molecule has 1 atom stereocenters. The average molecular weight is 409 g/mol. The van der Waals surface area contributed by atoms with Crippen LogP contribution in [0, 0.1) is 6.92 Å². The minimum Gasteiger partial charge on any atom is -0.372 e. The maximum Gasteiger partial charge on any atom is 0.268 e. The van der Waals surface area contributed by atoms with E-state index in [2.05, 4.69) is 4.98 Å². The van der Waals surface area contributed by atoms with E-state index in [1.807, 2.05) is 54.8 Å². The minimum atomic E-state index is -1.79. The van der Waals surface area contributed by atoms with Crippen LogP contribution in [0.15, 0.2) is 60.0 Å². The van der Waals surface area contributed by atoms with E-state index in [1.165, 1.54) is 0 Å². The van der Waals surface area contributed by atoms with Crippen molar-refractivity contribution >= 4 is 45.4 Å². The van der Waals surface area contributed by atoms with Crippen LogP contribution >= 0.6 is 22.9 Å². The number of aryl methyl sites for hydroxylation is 1. The Balaban J connectivity index is 1.76. The van der Waals surface area contributed by atoms with Gasteiger partial charge in [0.05, 0.1) is 12.2 Å². The molecule has 0 saturated carbocycles. The predicted octanol–water partition coefficient (Wildman–Crippen LogP) is 4.97. The van der Waals surface area contributed by atoms with Gasteiger partial charge in [0.2, 0.25) is 0 Å². The van der Waals surface area contributed by atoms with Gasteiger partial charge in [-0.25, -0.2) is 0 Å². The molecule has 0 fully saturated rings. The topological polar surface area (TPSA) is 56.3 Å². The summed E-state index contributed by atoms with van der Waals surface area (Å²) in [7, 11) is 0. The number of H-pyrrole nitrogens is 1. The minimum absolute atomic E-state index is 0.356. The van der Waals surface area contributed by atoms with E-state index < -0.39 is 5.60 Å². The number of nitrogens with zero attached hydrogens (tertiary/aromatic N) is 1. The number of carbonyl (C=O) groups excluding carboxylic acids is 1. The van der Waals surface area contributed by atoms with Crippen molar-refractivity contribution < 1.29 is 9.90 Å². The van der Waals surface area contributed by atoms with Gasteiger partial charge in [-0.05, 0) is 42.6 Å². The SMILES string of the molecule is Cc1[nH]c2ccccc2c1[C@@]1(O)C(=O)N(Cc2cccs2)c2ccc(Cl)cc21. The van der Waals surface area contributed by atoms with Crippen molar-refractivity contribution in [3.8, 4) is 0 Å². The Morgan fingerprint density at radius 3 is 2.79 bits per heavy atom. The number of fused-ring (bicyclic) bond motifs is 2. The summed E-state index contributed by atoms with van der Waals surface area (Å²) in [5.74, 6) is -0.356. The number of halogens is 1. The van der Waals surface area contributed by atoms with Crippen molar-refractivity contribution in [3.05, 3.63) is 86.7 Å². The third-order valence-electron chi connectivity index (χ3n) is 5.34. The molecular weight excluding hydrogens is 392 g/mol. The first kappa shape index (κ1) is 17.5. The summed E-state index contributed by atoms with van der Waals surface area (Å²) < 4.78 is 0. The molecule has 2 N–H and O–H groups in total. The Morgan fingerprint density at radius 2 is 2.00 bits per heavy atom. The molecule has 0 radical (unpaired) electrons. The number of carbonyl (C=O) groups is 1. The number of para-hydroxylation sites is 1. The fourth-order valence-corrected chi connectivity index (χ4v) is 5.02. The van der Waals surface area contributed by atoms with E-state index in [-0.39, 0.29) is 5.91 Å². The van der Waals surface area contributed by atoms with Crippen LogP contribution in [0.25, 0.3) is 10.9 Å². The molecule has 5 rings (SSSR count). The maximum absolute atomic E-state index is 13.6. The van der Waals surface area contributed by atoms with Gasteiger partial charge in [-0.1, -0.05) is 35.9 Å². The summed E-state index contributed by atoms with van der Waals surface area (Å²) in [4.78, 5) is 19.6. The third-order valence-corrected chi connectivity index (χ3v) is 6.44. The second-order valence-electron chi connectivity index (χ2n) is 7.01. The van der Waals surface area contributed by atoms with Crippen molar-refractivity contribution in [2.75, 3.05) is 4.90 Å². The number of anilines is 1. The van der Waals surface area contributed by atoms with E-state index in [0.717, 1.165) is 21.5 Å². The molecular formula is C22H17ClN2O2S. The molecule has 2 aromatic heterocycles. The molecule has 3 heterocycles. The highest BCUT2D eigenvalue weighted by Gasteiger charge is 2.53. The molecule has 140 valence electrons. The zero-order valence-electron chi connectivity index (χ0n) is 15.1. The second-order valence-corrected chi connectivity index (χ2v) is 8.48. The summed E-state index contributed by atoms with van der Waals surface area (Å²) in [6.45, 7) is 2.29. The van der Waals surface area contributed by atoms with Crippen LogP contribution in [0.4, 0.5) is 5.69 Å². The van der Waals surface area contributed by atoms with Crippen LogP contribution in [-0.2, 0) is 16.9 Å². The lowest BCUT2D eigenvalue weighted by atomic mass is 9.85. The normalized spacial score (nSPS) is 18.8. The van der Waals surface area contributed by atoms with Gasteiger partial charge in [0.1, 0.15) is 0 Å². The number of hydrogen-bond acceptors (Lipinski definition) is 3. The van der Waals surface area contributed by atoms with Gasteiger partial charge in [-0.15, -0.1) is 11.3 Å². The van der Waals surface area contributed by atoms with Crippen molar-refractivity contribution in [2.24, 2.45) is 0 Å². The molecule has 4 nitrogen and oxygen atoms in total. The van der Waals surface area contributed by atoms with E-state index >= 15 is 0 Å². The van der Waals surface area contributed by atoms with E-state index in [9.17, 15) is 9.90 Å². The molecule has 0 aliphatic carbocycles. The number of aromatic nitrogens is 1. The first-order chi connectivity index (χ1) is 13.5. The molecule has 1 amide bonds. The zero-order valence-corrected chi connectivity index (χ0v) is 16.6. The highest BCUT2D eigenvalue weighted by Crippen LogP contribution is 2.48. The third kappa shape index (κ3) is 2.37. The summed E-state index contributed by atoms with van der Waals surface area (Å²) in [6.07, 6.45) is 0. The molecule has 4 aromatic rings. The van der Waals surface area contributed by atoms with Gasteiger partial charge in [-0.2, -0.15) is 0 Å². The number of amides is 1. The highest BCUT2D eigenvalue weighted by atomic mass is 35.5. The van der Waals surface area contributed by atoms with Gasteiger partial charge < -0.3 is 15.0 Å². The molecule has 0 spiro atoms. The number of rotatable bonds is 3. The van der Waals surface area contributed by atoms with Crippen LogP contribution in [0.5, 0.6) is 0 Å². The molecule has 6 heteroatoms. The first-order valence-electron chi connectivity index (χ1n) is 8.94. The number of thiophene rings is 1. The second kappa shape index (κ2) is 6.21. The smallest absolute Gasteiger partial charge is 0.268 e. The Morgan fingerprint density at radius 1 is 1.18 bits per heavy atom. The lowest BCUT2D eigenvalue weighted by Gasteiger charge is -2.24. The van der Waals surface area contributed by atoms with Crippen LogP contribution in [0.1, 0.15) is 21.7 Å². The van der Waals surface area contributed by atoms with Crippen molar-refractivity contribution in [3.63, 3.8) is 0 Å². The lowest BCUT2D eigenvalue weighted by Crippen LogP contribution is -2.41. The highest BCUT2D eigenvalue weighted by molar-refractivity contribution is 7.09. The van der Waals surface area contributed by atoms with Gasteiger partial charge in [-0.3, -0.25) is 4.79 Å². The molecule has 28 heavy (non-hydrogen) atoms. The average Bonchev–Trinajstić information content (AvgIpc) is 3.35. The Kier molecular flexibility index (Phi) is 3.88. The number of aliphatic hydroxyl groups is 1. The van der Waals surface area contributed by atoms with Gasteiger partial charge >= 0.3 is 0 Å². The summed E-state index contributed by atoms with van der Waals surface area (Å²) >= 11 is 7.85. The number of aromatic amines is 1. The predicted molar refractivity (Wildman–Crippen MR) is 113 cm³/mol. The molecule has 1 aliphatic heterocycles. The molecule has 0 saturated heterocycles. The maximum atomic E-state index is 13.6. The summed E-state index contributed by atoms with van der Waals surface area (Å²) in [6, 6.07) is 16.9. The van der Waals surface area contributed by atoms with Crippen LogP contribution in [0.3, 0.4) is 0 Å². The molecule has 0 unspecified atom stereocenters. The van der Waals surface area contributed by atoms with Crippen molar-refractivity contribution in [1.82, 2.24) is 4.98 Å². The van der Waals surface area contributed by atoms with Crippen molar-refractivity contribution in [1.29, 1.82) is 0 Å². The Labute approximate surface area is 171 Å². The van der Waals surface area contributed by atoms with Crippen LogP contribution < -0.4 is 4.90 Å². The summed E-state index contributed by atoms with van der Waals surface area (Å²) in [5.41, 5.74) is 1.66. The number of benzene rings is 2. The largest absolute Gasteiger partial charge is 0.372 e.